The van der Waals surface area contributed by atoms with E-state index >= 15 is 0 Å². The number of morpholine rings is 1. The Kier molecular flexibility index (Phi) is 6.96. The molecule has 1 aliphatic rings. The number of ether oxygens (including phenoxy) is 1. The van der Waals surface area contributed by atoms with Crippen LogP contribution in [0.15, 0.2) is 24.4 Å². The van der Waals surface area contributed by atoms with Crippen LogP contribution in [0.3, 0.4) is 0 Å². The van der Waals surface area contributed by atoms with Gasteiger partial charge in [-0.3, -0.25) is 19.5 Å². The van der Waals surface area contributed by atoms with Crippen LogP contribution in [0.4, 0.5) is 0 Å². The predicted molar refractivity (Wildman–Crippen MR) is 85.6 cm³/mol. The van der Waals surface area contributed by atoms with E-state index in [9.17, 15) is 9.59 Å². The normalized spacial score (nSPS) is 15.2. The van der Waals surface area contributed by atoms with Gasteiger partial charge in [0, 0.05) is 39.3 Å². The molecule has 0 spiro atoms. The highest BCUT2D eigenvalue weighted by atomic mass is 16.5. The molecule has 2 heterocycles. The maximum absolute atomic E-state index is 12.0. The van der Waals surface area contributed by atoms with E-state index in [1.54, 1.807) is 6.20 Å². The van der Waals surface area contributed by atoms with Gasteiger partial charge in [-0.05, 0) is 12.1 Å². The number of nitrogens with zero attached hydrogens (tertiary/aromatic N) is 3. The van der Waals surface area contributed by atoms with Gasteiger partial charge in [0.2, 0.25) is 11.8 Å². The summed E-state index contributed by atoms with van der Waals surface area (Å²) in [5.41, 5.74) is 0.767. The van der Waals surface area contributed by atoms with Gasteiger partial charge in [-0.2, -0.15) is 0 Å². The van der Waals surface area contributed by atoms with Gasteiger partial charge in [0.05, 0.1) is 32.0 Å². The van der Waals surface area contributed by atoms with Crippen LogP contribution in [0.25, 0.3) is 0 Å². The molecular formula is C16H24N4O3. The zero-order chi connectivity index (χ0) is 16.5. The Morgan fingerprint density at radius 3 is 2.78 bits per heavy atom. The second-order valence-corrected chi connectivity index (χ2v) is 5.50. The summed E-state index contributed by atoms with van der Waals surface area (Å²) in [6, 6.07) is 5.52. The lowest BCUT2D eigenvalue weighted by Crippen LogP contribution is -2.44. The molecule has 1 fully saturated rings. The number of pyridine rings is 1. The van der Waals surface area contributed by atoms with E-state index in [1.807, 2.05) is 18.2 Å². The Bertz CT molecular complexity index is 503. The number of nitrogens with one attached hydrogen (secondary N) is 1. The van der Waals surface area contributed by atoms with E-state index in [2.05, 4.69) is 15.2 Å². The van der Waals surface area contributed by atoms with Crippen molar-refractivity contribution < 1.29 is 14.3 Å². The van der Waals surface area contributed by atoms with E-state index in [4.69, 9.17) is 4.74 Å². The van der Waals surface area contributed by atoms with Gasteiger partial charge in [0.25, 0.3) is 0 Å². The number of hydrogen-bond donors (Lipinski definition) is 1. The molecule has 0 bridgehead atoms. The van der Waals surface area contributed by atoms with Gasteiger partial charge < -0.3 is 15.0 Å². The van der Waals surface area contributed by atoms with Crippen molar-refractivity contribution in [2.75, 3.05) is 45.9 Å². The van der Waals surface area contributed by atoms with Crippen LogP contribution in [0.5, 0.6) is 0 Å². The largest absolute Gasteiger partial charge is 0.379 e. The van der Waals surface area contributed by atoms with Crippen LogP contribution in [0.2, 0.25) is 0 Å². The molecule has 0 aromatic carbocycles. The molecule has 1 aromatic heterocycles. The molecule has 23 heavy (non-hydrogen) atoms. The molecule has 0 atom stereocenters. The summed E-state index contributed by atoms with van der Waals surface area (Å²) in [5.74, 6) is -0.289. The number of carbonyl (C=O) groups is 2. The van der Waals surface area contributed by atoms with Crippen LogP contribution < -0.4 is 5.32 Å². The lowest BCUT2D eigenvalue weighted by Gasteiger charge is -2.26. The van der Waals surface area contributed by atoms with Gasteiger partial charge in [0.1, 0.15) is 0 Å². The summed E-state index contributed by atoms with van der Waals surface area (Å²) in [4.78, 5) is 31.7. The summed E-state index contributed by atoms with van der Waals surface area (Å²) in [5, 5.41) is 2.87. The molecular weight excluding hydrogens is 296 g/mol. The molecule has 1 aliphatic heterocycles. The molecule has 2 amide bonds. The van der Waals surface area contributed by atoms with Crippen molar-refractivity contribution in [3.05, 3.63) is 30.1 Å². The highest BCUT2D eigenvalue weighted by Crippen LogP contribution is 2.01. The molecule has 7 heteroatoms. The monoisotopic (exact) mass is 320 g/mol. The summed E-state index contributed by atoms with van der Waals surface area (Å²) >= 11 is 0. The molecule has 126 valence electrons. The molecule has 1 aromatic rings. The minimum atomic E-state index is -0.149. The van der Waals surface area contributed by atoms with Gasteiger partial charge in [0.15, 0.2) is 0 Å². The van der Waals surface area contributed by atoms with E-state index < -0.39 is 0 Å². The zero-order valence-electron chi connectivity index (χ0n) is 13.5. The standard InChI is InChI=1S/C16H24N4O3/c1-14(21)20(12-15-4-2-3-5-17-15)13-16(22)18-6-7-19-8-10-23-11-9-19/h2-5H,6-13H2,1H3,(H,18,22). The smallest absolute Gasteiger partial charge is 0.239 e. The lowest BCUT2D eigenvalue weighted by atomic mass is 10.3. The van der Waals surface area contributed by atoms with E-state index in [0.29, 0.717) is 13.1 Å². The average Bonchev–Trinajstić information content (AvgIpc) is 2.56. The summed E-state index contributed by atoms with van der Waals surface area (Å²) < 4.78 is 5.28. The minimum absolute atomic E-state index is 0.0506. The van der Waals surface area contributed by atoms with Crippen molar-refractivity contribution in [3.63, 3.8) is 0 Å². The summed E-state index contributed by atoms with van der Waals surface area (Å²) in [7, 11) is 0. The molecule has 7 nitrogen and oxygen atoms in total. The molecule has 0 saturated carbocycles. The zero-order valence-corrected chi connectivity index (χ0v) is 13.5. The Morgan fingerprint density at radius 2 is 2.13 bits per heavy atom. The first-order chi connectivity index (χ1) is 11.1. The number of rotatable bonds is 7. The fourth-order valence-corrected chi connectivity index (χ4v) is 2.37. The Morgan fingerprint density at radius 1 is 1.35 bits per heavy atom. The third-order valence-corrected chi connectivity index (χ3v) is 3.71. The molecule has 0 radical (unpaired) electrons. The van der Waals surface area contributed by atoms with Crippen molar-refractivity contribution in [2.45, 2.75) is 13.5 Å². The fraction of sp³-hybridized carbons (Fsp3) is 0.562. The topological polar surface area (TPSA) is 74.8 Å². The van der Waals surface area contributed by atoms with Crippen LogP contribution in [0, 0.1) is 0 Å². The van der Waals surface area contributed by atoms with Crippen molar-refractivity contribution in [2.24, 2.45) is 0 Å². The summed E-state index contributed by atoms with van der Waals surface area (Å²) in [6.45, 7) is 6.52. The van der Waals surface area contributed by atoms with E-state index in [0.717, 1.165) is 38.5 Å². The second-order valence-electron chi connectivity index (χ2n) is 5.50. The summed E-state index contributed by atoms with van der Waals surface area (Å²) in [6.07, 6.45) is 1.68. The molecule has 1 saturated heterocycles. The predicted octanol–water partition coefficient (Wildman–Crippen LogP) is -0.121. The Balaban J connectivity index is 1.73. The molecule has 0 aliphatic carbocycles. The van der Waals surface area contributed by atoms with Crippen molar-refractivity contribution in [3.8, 4) is 0 Å². The quantitative estimate of drug-likeness (QED) is 0.758. The number of aromatic nitrogens is 1. The molecule has 2 rings (SSSR count). The average molecular weight is 320 g/mol. The maximum atomic E-state index is 12.0. The second kappa shape index (κ2) is 9.22. The van der Waals surface area contributed by atoms with Crippen molar-refractivity contribution in [1.82, 2.24) is 20.1 Å². The van der Waals surface area contributed by atoms with Crippen molar-refractivity contribution >= 4 is 11.8 Å². The lowest BCUT2D eigenvalue weighted by molar-refractivity contribution is -0.135. The number of hydrogen-bond acceptors (Lipinski definition) is 5. The Labute approximate surface area is 136 Å². The molecule has 1 N–H and O–H groups in total. The van der Waals surface area contributed by atoms with Crippen LogP contribution >= 0.6 is 0 Å². The van der Waals surface area contributed by atoms with Gasteiger partial charge >= 0.3 is 0 Å². The number of amides is 2. The number of carbonyl (C=O) groups excluding carboxylic acids is 2. The first-order valence-electron chi connectivity index (χ1n) is 7.87. The van der Waals surface area contributed by atoms with E-state index in [-0.39, 0.29) is 18.4 Å². The minimum Gasteiger partial charge on any atom is -0.379 e. The van der Waals surface area contributed by atoms with Gasteiger partial charge in [-0.1, -0.05) is 6.07 Å². The van der Waals surface area contributed by atoms with Gasteiger partial charge in [-0.25, -0.2) is 0 Å². The third-order valence-electron chi connectivity index (χ3n) is 3.71. The van der Waals surface area contributed by atoms with Crippen molar-refractivity contribution in [1.29, 1.82) is 0 Å². The SMILES string of the molecule is CC(=O)N(CC(=O)NCCN1CCOCC1)Cc1ccccn1. The highest BCUT2D eigenvalue weighted by molar-refractivity contribution is 5.83. The third kappa shape index (κ3) is 6.33. The fourth-order valence-electron chi connectivity index (χ4n) is 2.37. The van der Waals surface area contributed by atoms with E-state index in [1.165, 1.54) is 11.8 Å². The first-order valence-corrected chi connectivity index (χ1v) is 7.87. The highest BCUT2D eigenvalue weighted by Gasteiger charge is 2.15. The Hall–Kier alpha value is -1.99. The van der Waals surface area contributed by atoms with Crippen LogP contribution in [0.1, 0.15) is 12.6 Å². The van der Waals surface area contributed by atoms with Gasteiger partial charge in [-0.15, -0.1) is 0 Å². The van der Waals surface area contributed by atoms with Crippen LogP contribution in [-0.4, -0.2) is 72.5 Å². The first kappa shape index (κ1) is 17.4. The maximum Gasteiger partial charge on any atom is 0.239 e. The molecule has 0 unspecified atom stereocenters. The van der Waals surface area contributed by atoms with Crippen LogP contribution in [-0.2, 0) is 20.9 Å².